The van der Waals surface area contributed by atoms with Crippen LogP contribution in [0.1, 0.15) is 6.42 Å². The van der Waals surface area contributed by atoms with E-state index in [1.54, 1.807) is 29.2 Å². The van der Waals surface area contributed by atoms with Gasteiger partial charge in [-0.05, 0) is 18.2 Å². The number of hydrogen-bond acceptors (Lipinski definition) is 5. The summed E-state index contributed by atoms with van der Waals surface area (Å²) in [5.74, 6) is 0.433. The average Bonchev–Trinajstić information content (AvgIpc) is 2.90. The quantitative estimate of drug-likeness (QED) is 0.780. The molecule has 0 fully saturated rings. The third-order valence-electron chi connectivity index (χ3n) is 2.53. The Hall–Kier alpha value is -2.57. The zero-order valence-corrected chi connectivity index (χ0v) is 10.5. The number of nitrogen functional groups attached to an aromatic ring is 1. The van der Waals surface area contributed by atoms with Crippen molar-refractivity contribution in [3.8, 4) is 5.75 Å². The molecule has 0 aliphatic carbocycles. The van der Waals surface area contributed by atoms with E-state index in [2.05, 4.69) is 15.4 Å². The van der Waals surface area contributed by atoms with Crippen molar-refractivity contribution in [3.05, 3.63) is 30.9 Å². The van der Waals surface area contributed by atoms with Crippen molar-refractivity contribution >= 4 is 17.3 Å². The van der Waals surface area contributed by atoms with Crippen molar-refractivity contribution in [1.29, 1.82) is 0 Å². The van der Waals surface area contributed by atoms with Crippen LogP contribution in [0.2, 0.25) is 0 Å². The Balaban J connectivity index is 1.96. The van der Waals surface area contributed by atoms with Crippen LogP contribution < -0.4 is 15.8 Å². The third-order valence-corrected chi connectivity index (χ3v) is 2.53. The highest BCUT2D eigenvalue weighted by Crippen LogP contribution is 2.26. The van der Waals surface area contributed by atoms with Crippen LogP contribution in [0.5, 0.6) is 5.75 Å². The van der Waals surface area contributed by atoms with Gasteiger partial charge in [0.2, 0.25) is 5.91 Å². The number of nitrogens with two attached hydrogens (primary N) is 1. The van der Waals surface area contributed by atoms with Gasteiger partial charge in [-0.25, -0.2) is 4.98 Å². The number of aromatic nitrogens is 3. The maximum Gasteiger partial charge on any atom is 0.226 e. The Labute approximate surface area is 110 Å². The molecule has 19 heavy (non-hydrogen) atoms. The van der Waals surface area contributed by atoms with Crippen LogP contribution in [0.4, 0.5) is 11.4 Å². The topological polar surface area (TPSA) is 95.1 Å². The fourth-order valence-electron chi connectivity index (χ4n) is 1.60. The Bertz CT molecular complexity index is 553. The molecule has 0 bridgehead atoms. The van der Waals surface area contributed by atoms with Gasteiger partial charge in [-0.2, -0.15) is 5.10 Å². The number of carbonyl (C=O) groups is 1. The average molecular weight is 261 g/mol. The molecule has 0 unspecified atom stereocenters. The molecule has 0 aliphatic heterocycles. The third kappa shape index (κ3) is 3.44. The number of aryl methyl sites for hydroxylation is 1. The molecule has 1 heterocycles. The number of rotatable bonds is 5. The monoisotopic (exact) mass is 261 g/mol. The number of amides is 1. The fraction of sp³-hybridized carbons (Fsp3) is 0.250. The minimum atomic E-state index is -0.139. The molecule has 1 aromatic heterocycles. The lowest BCUT2D eigenvalue weighted by Crippen LogP contribution is -2.15. The first-order valence-corrected chi connectivity index (χ1v) is 5.75. The molecule has 100 valence electrons. The van der Waals surface area contributed by atoms with Crippen LogP contribution in [-0.2, 0) is 11.3 Å². The van der Waals surface area contributed by atoms with E-state index < -0.39 is 0 Å². The van der Waals surface area contributed by atoms with Crippen molar-refractivity contribution in [2.24, 2.45) is 0 Å². The zero-order chi connectivity index (χ0) is 13.7. The van der Waals surface area contributed by atoms with Gasteiger partial charge in [0.1, 0.15) is 18.4 Å². The van der Waals surface area contributed by atoms with Gasteiger partial charge in [0, 0.05) is 12.1 Å². The molecule has 2 aromatic rings. The van der Waals surface area contributed by atoms with Gasteiger partial charge in [0.15, 0.2) is 0 Å². The van der Waals surface area contributed by atoms with Crippen LogP contribution in [0, 0.1) is 0 Å². The summed E-state index contributed by atoms with van der Waals surface area (Å²) in [5, 5.41) is 6.68. The van der Waals surface area contributed by atoms with Gasteiger partial charge in [-0.3, -0.25) is 9.48 Å². The largest absolute Gasteiger partial charge is 0.495 e. The van der Waals surface area contributed by atoms with Crippen LogP contribution >= 0.6 is 0 Å². The Morgan fingerprint density at radius 2 is 2.37 bits per heavy atom. The van der Waals surface area contributed by atoms with E-state index in [4.69, 9.17) is 10.5 Å². The molecule has 1 aromatic carbocycles. The van der Waals surface area contributed by atoms with Gasteiger partial charge < -0.3 is 15.8 Å². The van der Waals surface area contributed by atoms with E-state index in [0.717, 1.165) is 0 Å². The summed E-state index contributed by atoms with van der Waals surface area (Å²) < 4.78 is 6.75. The number of anilines is 2. The molecule has 0 spiro atoms. The van der Waals surface area contributed by atoms with Crippen LogP contribution in [0.15, 0.2) is 30.9 Å². The fourth-order valence-corrected chi connectivity index (χ4v) is 1.60. The summed E-state index contributed by atoms with van der Waals surface area (Å²) in [6.45, 7) is 0.469. The van der Waals surface area contributed by atoms with Gasteiger partial charge in [-0.15, -0.1) is 0 Å². The molecule has 3 N–H and O–H groups in total. The summed E-state index contributed by atoms with van der Waals surface area (Å²) in [5.41, 5.74) is 6.80. The lowest BCUT2D eigenvalue weighted by molar-refractivity contribution is -0.116. The van der Waals surface area contributed by atoms with Crippen molar-refractivity contribution in [3.63, 3.8) is 0 Å². The van der Waals surface area contributed by atoms with E-state index in [1.165, 1.54) is 13.4 Å². The highest BCUT2D eigenvalue weighted by molar-refractivity contribution is 5.92. The number of methoxy groups -OCH3 is 1. The van der Waals surface area contributed by atoms with Crippen LogP contribution in [0.25, 0.3) is 0 Å². The number of carbonyl (C=O) groups excluding carboxylic acids is 1. The smallest absolute Gasteiger partial charge is 0.226 e. The van der Waals surface area contributed by atoms with Crippen molar-refractivity contribution in [2.75, 3.05) is 18.2 Å². The summed E-state index contributed by atoms with van der Waals surface area (Å²) in [6.07, 6.45) is 3.29. The molecule has 0 saturated carbocycles. The maximum absolute atomic E-state index is 11.8. The van der Waals surface area contributed by atoms with Crippen molar-refractivity contribution in [1.82, 2.24) is 14.8 Å². The Morgan fingerprint density at radius 1 is 1.53 bits per heavy atom. The second kappa shape index (κ2) is 5.85. The SMILES string of the molecule is COc1ccc(N)cc1NC(=O)CCn1cncn1. The van der Waals surface area contributed by atoms with Crippen LogP contribution in [-0.4, -0.2) is 27.8 Å². The van der Waals surface area contributed by atoms with Gasteiger partial charge in [0.25, 0.3) is 0 Å². The highest BCUT2D eigenvalue weighted by Gasteiger charge is 2.08. The van der Waals surface area contributed by atoms with Gasteiger partial charge >= 0.3 is 0 Å². The second-order valence-corrected chi connectivity index (χ2v) is 3.92. The molecule has 7 heteroatoms. The molecule has 0 atom stereocenters. The Kier molecular flexibility index (Phi) is 3.97. The van der Waals surface area contributed by atoms with E-state index in [-0.39, 0.29) is 5.91 Å². The second-order valence-electron chi connectivity index (χ2n) is 3.92. The summed E-state index contributed by atoms with van der Waals surface area (Å²) in [7, 11) is 1.54. The first kappa shape index (κ1) is 12.9. The first-order valence-electron chi connectivity index (χ1n) is 5.75. The zero-order valence-electron chi connectivity index (χ0n) is 10.5. The van der Waals surface area contributed by atoms with Crippen molar-refractivity contribution in [2.45, 2.75) is 13.0 Å². The number of nitrogens with one attached hydrogen (secondary N) is 1. The minimum Gasteiger partial charge on any atom is -0.495 e. The predicted octanol–water partition coefficient (Wildman–Crippen LogP) is 0.898. The molecular formula is C12H15N5O2. The minimum absolute atomic E-state index is 0.139. The molecule has 0 aliphatic rings. The molecule has 1 amide bonds. The molecule has 0 saturated heterocycles. The Morgan fingerprint density at radius 3 is 3.05 bits per heavy atom. The lowest BCUT2D eigenvalue weighted by Gasteiger charge is -2.10. The number of benzene rings is 1. The van der Waals surface area contributed by atoms with E-state index >= 15 is 0 Å². The van der Waals surface area contributed by atoms with E-state index in [1.807, 2.05) is 0 Å². The lowest BCUT2D eigenvalue weighted by atomic mass is 10.2. The standard InChI is InChI=1S/C12H15N5O2/c1-19-11-3-2-9(13)6-10(11)16-12(18)4-5-17-8-14-7-15-17/h2-3,6-8H,4-5,13H2,1H3,(H,16,18). The summed E-state index contributed by atoms with van der Waals surface area (Å²) in [4.78, 5) is 15.6. The summed E-state index contributed by atoms with van der Waals surface area (Å²) >= 11 is 0. The van der Waals surface area contributed by atoms with Crippen molar-refractivity contribution < 1.29 is 9.53 Å². The van der Waals surface area contributed by atoms with Gasteiger partial charge in [-0.1, -0.05) is 0 Å². The molecule has 0 radical (unpaired) electrons. The molecule has 7 nitrogen and oxygen atoms in total. The predicted molar refractivity (Wildman–Crippen MR) is 70.7 cm³/mol. The number of hydrogen-bond donors (Lipinski definition) is 2. The summed E-state index contributed by atoms with van der Waals surface area (Å²) in [6, 6.07) is 5.08. The number of ether oxygens (including phenoxy) is 1. The highest BCUT2D eigenvalue weighted by atomic mass is 16.5. The van der Waals surface area contributed by atoms with E-state index in [9.17, 15) is 4.79 Å². The number of nitrogens with zero attached hydrogens (tertiary/aromatic N) is 3. The first-order chi connectivity index (χ1) is 9.19. The molecule has 2 rings (SSSR count). The molecular weight excluding hydrogens is 246 g/mol. The van der Waals surface area contributed by atoms with E-state index in [0.29, 0.717) is 30.1 Å². The van der Waals surface area contributed by atoms with Crippen LogP contribution in [0.3, 0.4) is 0 Å². The van der Waals surface area contributed by atoms with Gasteiger partial charge in [0.05, 0.1) is 19.3 Å². The normalized spacial score (nSPS) is 10.2. The maximum atomic E-state index is 11.8.